The van der Waals surface area contributed by atoms with Gasteiger partial charge in [-0.2, -0.15) is 0 Å². The number of rotatable bonds is 9. The van der Waals surface area contributed by atoms with Crippen LogP contribution in [0.3, 0.4) is 0 Å². The molecule has 108 valence electrons. The van der Waals surface area contributed by atoms with Crippen LogP contribution < -0.4 is 0 Å². The number of carboxylic acid groups (broad SMARTS) is 2. The predicted molar refractivity (Wildman–Crippen MR) is 65.3 cm³/mol. The van der Waals surface area contributed by atoms with Gasteiger partial charge in [-0.3, -0.25) is 0 Å². The molecule has 0 rings (SSSR count). The Morgan fingerprint density at radius 3 is 1.53 bits per heavy atom. The molecule has 0 saturated heterocycles. The van der Waals surface area contributed by atoms with Crippen molar-refractivity contribution in [3.63, 3.8) is 0 Å². The molecule has 0 aromatic carbocycles. The van der Waals surface area contributed by atoms with Crippen molar-refractivity contribution < 1.29 is 35.1 Å². The second kappa shape index (κ2) is 8.41. The molecule has 0 amide bonds. The van der Waals surface area contributed by atoms with Gasteiger partial charge in [-0.15, -0.1) is 0 Å². The Morgan fingerprint density at radius 2 is 1.26 bits per heavy atom. The Hall–Kier alpha value is -1.70. The van der Waals surface area contributed by atoms with Gasteiger partial charge < -0.3 is 25.5 Å². The number of hydrogen-bond acceptors (Lipinski definition) is 5. The van der Waals surface area contributed by atoms with Crippen LogP contribution in [0.25, 0.3) is 0 Å². The Balaban J connectivity index is 5.02. The highest BCUT2D eigenvalue weighted by Crippen LogP contribution is 2.27. The number of aliphatic hydroxyl groups is 3. The molecule has 0 aliphatic carbocycles. The number of aliphatic carboxylic acids is 2. The van der Waals surface area contributed by atoms with Gasteiger partial charge in [-0.1, -0.05) is 12.2 Å². The zero-order valence-corrected chi connectivity index (χ0v) is 10.3. The van der Waals surface area contributed by atoms with E-state index < -0.39 is 43.1 Å². The van der Waals surface area contributed by atoms with Crippen LogP contribution in [0.15, 0.2) is 24.3 Å². The van der Waals surface area contributed by atoms with Gasteiger partial charge in [0.25, 0.3) is 0 Å². The van der Waals surface area contributed by atoms with Gasteiger partial charge in [-0.05, 0) is 12.3 Å². The molecule has 7 nitrogen and oxygen atoms in total. The molecular formula is C12H18O7. The Labute approximate surface area is 110 Å². The van der Waals surface area contributed by atoms with Crippen LogP contribution in [-0.2, 0) is 9.59 Å². The topological polar surface area (TPSA) is 135 Å². The van der Waals surface area contributed by atoms with Gasteiger partial charge in [-0.25, -0.2) is 9.59 Å². The molecule has 19 heavy (non-hydrogen) atoms. The third-order valence-electron chi connectivity index (χ3n) is 2.65. The molecule has 0 aromatic rings. The van der Waals surface area contributed by atoms with Gasteiger partial charge in [0.15, 0.2) is 0 Å². The van der Waals surface area contributed by atoms with E-state index in [1.807, 2.05) is 0 Å². The first-order valence-electron chi connectivity index (χ1n) is 5.54. The number of hydrogen-bond donors (Lipinski definition) is 5. The van der Waals surface area contributed by atoms with E-state index in [0.29, 0.717) is 0 Å². The summed E-state index contributed by atoms with van der Waals surface area (Å²) in [4.78, 5) is 20.9. The summed E-state index contributed by atoms with van der Waals surface area (Å²) >= 11 is 0. The summed E-state index contributed by atoms with van der Waals surface area (Å²) in [5.41, 5.74) is -1.20. The average molecular weight is 274 g/mol. The van der Waals surface area contributed by atoms with Crippen LogP contribution in [0.1, 0.15) is 6.42 Å². The van der Waals surface area contributed by atoms with E-state index >= 15 is 0 Å². The van der Waals surface area contributed by atoms with E-state index in [9.17, 15) is 24.9 Å². The summed E-state index contributed by atoms with van der Waals surface area (Å²) < 4.78 is 0. The molecule has 0 fully saturated rings. The van der Waals surface area contributed by atoms with Crippen LogP contribution in [0, 0.1) is 11.3 Å². The lowest BCUT2D eigenvalue weighted by Crippen LogP contribution is -2.35. The van der Waals surface area contributed by atoms with Gasteiger partial charge in [0.2, 0.25) is 0 Å². The van der Waals surface area contributed by atoms with Crippen molar-refractivity contribution in [1.82, 2.24) is 0 Å². The highest BCUT2D eigenvalue weighted by Gasteiger charge is 2.30. The number of aliphatic hydroxyl groups excluding tert-OH is 3. The van der Waals surface area contributed by atoms with Crippen LogP contribution in [0.4, 0.5) is 0 Å². The van der Waals surface area contributed by atoms with Crippen LogP contribution in [0.2, 0.25) is 0 Å². The highest BCUT2D eigenvalue weighted by molar-refractivity contribution is 5.80. The predicted octanol–water partition coefficient (Wildman–Crippen LogP) is -0.762. The second-order valence-electron chi connectivity index (χ2n) is 4.24. The van der Waals surface area contributed by atoms with Crippen molar-refractivity contribution in [2.75, 3.05) is 19.8 Å². The maximum absolute atomic E-state index is 10.4. The first kappa shape index (κ1) is 17.3. The van der Waals surface area contributed by atoms with Gasteiger partial charge in [0, 0.05) is 17.6 Å². The minimum atomic E-state index is -1.20. The van der Waals surface area contributed by atoms with Gasteiger partial charge in [0.05, 0.1) is 19.8 Å². The van der Waals surface area contributed by atoms with E-state index in [0.717, 1.165) is 12.2 Å². The van der Waals surface area contributed by atoms with Gasteiger partial charge in [0.1, 0.15) is 0 Å². The van der Waals surface area contributed by atoms with Crippen molar-refractivity contribution in [3.05, 3.63) is 24.3 Å². The first-order chi connectivity index (χ1) is 8.89. The second-order valence-corrected chi connectivity index (χ2v) is 4.24. The molecule has 0 heterocycles. The molecule has 0 bridgehead atoms. The monoisotopic (exact) mass is 274 g/mol. The van der Waals surface area contributed by atoms with Crippen molar-refractivity contribution >= 4 is 11.9 Å². The lowest BCUT2D eigenvalue weighted by atomic mass is 9.80. The van der Waals surface area contributed by atoms with Crippen molar-refractivity contribution in [3.8, 4) is 0 Å². The third kappa shape index (κ3) is 6.70. The fourth-order valence-electron chi connectivity index (χ4n) is 1.46. The molecular weight excluding hydrogens is 256 g/mol. The molecule has 0 atom stereocenters. The minimum absolute atomic E-state index is 0.0179. The fraction of sp³-hybridized carbons (Fsp3) is 0.500. The van der Waals surface area contributed by atoms with Crippen LogP contribution in [-0.4, -0.2) is 57.3 Å². The first-order valence-corrected chi connectivity index (χ1v) is 5.54. The molecule has 5 N–H and O–H groups in total. The van der Waals surface area contributed by atoms with Crippen molar-refractivity contribution in [2.45, 2.75) is 6.42 Å². The lowest BCUT2D eigenvalue weighted by molar-refractivity contribution is -0.132. The average Bonchev–Trinajstić information content (AvgIpc) is 2.38. The Kier molecular flexibility index (Phi) is 7.66. The van der Waals surface area contributed by atoms with Crippen molar-refractivity contribution in [1.29, 1.82) is 0 Å². The Morgan fingerprint density at radius 1 is 0.895 bits per heavy atom. The molecule has 0 unspecified atom stereocenters. The molecule has 7 heteroatoms. The third-order valence-corrected chi connectivity index (χ3v) is 2.65. The molecule has 0 aliphatic heterocycles. The van der Waals surface area contributed by atoms with Gasteiger partial charge >= 0.3 is 11.9 Å². The molecule has 0 aromatic heterocycles. The summed E-state index contributed by atoms with van der Waals surface area (Å²) in [5, 5.41) is 44.6. The van der Waals surface area contributed by atoms with E-state index in [-0.39, 0.29) is 6.42 Å². The maximum Gasteiger partial charge on any atom is 0.327 e. The highest BCUT2D eigenvalue weighted by atomic mass is 16.4. The number of carbonyl (C=O) groups is 2. The van der Waals surface area contributed by atoms with Crippen molar-refractivity contribution in [2.24, 2.45) is 11.3 Å². The summed E-state index contributed by atoms with van der Waals surface area (Å²) in [5.74, 6) is -3.04. The van der Waals surface area contributed by atoms with E-state index in [2.05, 4.69) is 0 Å². The summed E-state index contributed by atoms with van der Waals surface area (Å²) in [6, 6.07) is 0. The summed E-state index contributed by atoms with van der Waals surface area (Å²) in [7, 11) is 0. The lowest BCUT2D eigenvalue weighted by Gasteiger charge is -2.29. The minimum Gasteiger partial charge on any atom is -0.478 e. The largest absolute Gasteiger partial charge is 0.478 e. The zero-order chi connectivity index (χ0) is 14.9. The molecule has 0 spiro atoms. The van der Waals surface area contributed by atoms with E-state index in [4.69, 9.17) is 10.2 Å². The van der Waals surface area contributed by atoms with E-state index in [1.165, 1.54) is 12.2 Å². The molecule has 0 aliphatic rings. The molecule has 0 saturated carbocycles. The zero-order valence-electron chi connectivity index (χ0n) is 10.3. The van der Waals surface area contributed by atoms with Crippen LogP contribution in [0.5, 0.6) is 0 Å². The normalized spacial score (nSPS) is 14.1. The quantitative estimate of drug-likeness (QED) is 0.349. The SMILES string of the molecule is O=C(O)C=CC(C=CC(=O)O)CC(CO)(CO)CO. The fourth-order valence-corrected chi connectivity index (χ4v) is 1.46. The number of allylic oxidation sites excluding steroid dienone is 2. The number of carboxylic acids is 2. The smallest absolute Gasteiger partial charge is 0.327 e. The van der Waals surface area contributed by atoms with Crippen LogP contribution >= 0.6 is 0 Å². The standard InChI is InChI=1S/C12H18O7/c13-6-12(7-14,8-15)5-9(1-3-10(16)17)2-4-11(18)19/h1-4,9,13-15H,5-8H2,(H,16,17)(H,18,19). The summed E-state index contributed by atoms with van der Waals surface area (Å²) in [6.07, 6.45) is 4.17. The maximum atomic E-state index is 10.4. The Bertz CT molecular complexity index is 323. The van der Waals surface area contributed by atoms with E-state index in [1.54, 1.807) is 0 Å². The summed E-state index contributed by atoms with van der Waals surface area (Å²) in [6.45, 7) is -1.50. The molecule has 0 radical (unpaired) electrons.